The van der Waals surface area contributed by atoms with Crippen LogP contribution in [0.1, 0.15) is 16.1 Å². The molecule has 1 saturated heterocycles. The molecule has 2 heterocycles. The zero-order chi connectivity index (χ0) is 23.3. The number of nitrogens with zero attached hydrogens (tertiary/aromatic N) is 3. The van der Waals surface area contributed by atoms with E-state index in [4.69, 9.17) is 14.2 Å². The third kappa shape index (κ3) is 4.91. The number of carbonyl (C=O) groups excluding carboxylic acids is 2. The van der Waals surface area contributed by atoms with Gasteiger partial charge in [0.25, 0.3) is 0 Å². The first kappa shape index (κ1) is 23.7. The number of benzene rings is 1. The molecule has 1 aliphatic heterocycles. The number of hydrazine groups is 1. The Morgan fingerprint density at radius 2 is 1.91 bits per heavy atom. The standard InChI is InChI=1S/C22H28N4O5S/c1-14-15(21(27)31-4)12-16(20(23-14)30-3)24-26-11-10-25(13-18(26)22(28)32-5)17-8-6-7-9-19(17)29-2/h6-9,12,18,24H,10-11,13H2,1-5H3. The molecule has 1 N–H and O–H groups in total. The Balaban J connectivity index is 1.90. The molecule has 172 valence electrons. The number of rotatable bonds is 7. The van der Waals surface area contributed by atoms with Gasteiger partial charge in [0.1, 0.15) is 17.5 Å². The summed E-state index contributed by atoms with van der Waals surface area (Å²) in [5.74, 6) is 0.604. The SMILES string of the molecule is COC(=O)c1cc(NN2CCN(c3ccccc3OC)CC2C(=O)SC)c(OC)nc1C. The predicted molar refractivity (Wildman–Crippen MR) is 125 cm³/mol. The van der Waals surface area contributed by atoms with Crippen molar-refractivity contribution in [2.45, 2.75) is 13.0 Å². The third-order valence-corrected chi connectivity index (χ3v) is 5.99. The van der Waals surface area contributed by atoms with E-state index in [1.807, 2.05) is 29.3 Å². The van der Waals surface area contributed by atoms with Crippen molar-refractivity contribution in [1.82, 2.24) is 9.99 Å². The monoisotopic (exact) mass is 460 g/mol. The molecular formula is C22H28N4O5S. The zero-order valence-electron chi connectivity index (χ0n) is 18.9. The number of para-hydroxylation sites is 2. The summed E-state index contributed by atoms with van der Waals surface area (Å²) in [4.78, 5) is 31.5. The van der Waals surface area contributed by atoms with Crippen LogP contribution in [0.2, 0.25) is 0 Å². The van der Waals surface area contributed by atoms with Crippen LogP contribution in [0.25, 0.3) is 0 Å². The van der Waals surface area contributed by atoms with Crippen LogP contribution < -0.4 is 19.8 Å². The molecule has 9 nitrogen and oxygen atoms in total. The van der Waals surface area contributed by atoms with Crippen molar-refractivity contribution in [3.63, 3.8) is 0 Å². The van der Waals surface area contributed by atoms with Gasteiger partial charge in [0.2, 0.25) is 11.0 Å². The molecule has 0 saturated carbocycles. The van der Waals surface area contributed by atoms with E-state index < -0.39 is 12.0 Å². The molecule has 1 unspecified atom stereocenters. The highest BCUT2D eigenvalue weighted by Gasteiger charge is 2.34. The molecule has 0 amide bonds. The minimum Gasteiger partial charge on any atom is -0.495 e. The quantitative estimate of drug-likeness (QED) is 0.622. The fourth-order valence-corrected chi connectivity index (χ4v) is 4.13. The number of esters is 1. The average Bonchev–Trinajstić information content (AvgIpc) is 2.83. The molecule has 0 spiro atoms. The second kappa shape index (κ2) is 10.6. The van der Waals surface area contributed by atoms with Gasteiger partial charge in [-0.1, -0.05) is 23.9 Å². The first-order valence-electron chi connectivity index (χ1n) is 10.1. The molecule has 1 aromatic heterocycles. The Morgan fingerprint density at radius 3 is 2.56 bits per heavy atom. The summed E-state index contributed by atoms with van der Waals surface area (Å²) in [6.07, 6.45) is 1.77. The minimum absolute atomic E-state index is 0.0179. The molecule has 0 radical (unpaired) electrons. The van der Waals surface area contributed by atoms with Gasteiger partial charge in [0.15, 0.2) is 0 Å². The van der Waals surface area contributed by atoms with Crippen molar-refractivity contribution in [2.75, 3.05) is 57.5 Å². The Labute approximate surface area is 192 Å². The molecule has 1 fully saturated rings. The van der Waals surface area contributed by atoms with Crippen LogP contribution in [0.5, 0.6) is 11.6 Å². The molecule has 3 rings (SSSR count). The lowest BCUT2D eigenvalue weighted by Gasteiger charge is -2.42. The number of nitrogens with one attached hydrogen (secondary N) is 1. The van der Waals surface area contributed by atoms with Gasteiger partial charge >= 0.3 is 5.97 Å². The van der Waals surface area contributed by atoms with Gasteiger partial charge in [0, 0.05) is 19.6 Å². The predicted octanol–water partition coefficient (Wildman–Crippen LogP) is 2.60. The van der Waals surface area contributed by atoms with Gasteiger partial charge in [-0.15, -0.1) is 0 Å². The van der Waals surface area contributed by atoms with Crippen LogP contribution in [-0.2, 0) is 9.53 Å². The summed E-state index contributed by atoms with van der Waals surface area (Å²) in [5, 5.41) is 1.88. The molecule has 0 bridgehead atoms. The fraction of sp³-hybridized carbons (Fsp3) is 0.409. The summed E-state index contributed by atoms with van der Waals surface area (Å²) in [6.45, 7) is 3.39. The number of methoxy groups -OCH3 is 3. The van der Waals surface area contributed by atoms with Gasteiger partial charge in [0.05, 0.1) is 38.3 Å². The maximum absolute atomic E-state index is 12.8. The van der Waals surface area contributed by atoms with Crippen molar-refractivity contribution >= 4 is 34.2 Å². The Morgan fingerprint density at radius 1 is 1.16 bits per heavy atom. The number of aromatic nitrogens is 1. The van der Waals surface area contributed by atoms with E-state index in [9.17, 15) is 9.59 Å². The van der Waals surface area contributed by atoms with E-state index in [0.29, 0.717) is 42.5 Å². The number of anilines is 2. The van der Waals surface area contributed by atoms with Crippen molar-refractivity contribution in [2.24, 2.45) is 0 Å². The fourth-order valence-electron chi connectivity index (χ4n) is 3.65. The summed E-state index contributed by atoms with van der Waals surface area (Å²) in [5.41, 5.74) is 5.52. The number of pyridine rings is 1. The maximum atomic E-state index is 12.8. The first-order chi connectivity index (χ1) is 15.4. The highest BCUT2D eigenvalue weighted by atomic mass is 32.2. The topological polar surface area (TPSA) is 93.2 Å². The lowest BCUT2D eigenvalue weighted by molar-refractivity contribution is -0.115. The van der Waals surface area contributed by atoms with Gasteiger partial charge in [-0.25, -0.2) is 14.8 Å². The van der Waals surface area contributed by atoms with E-state index in [1.165, 1.54) is 26.0 Å². The lowest BCUT2D eigenvalue weighted by Crippen LogP contribution is -2.58. The van der Waals surface area contributed by atoms with Crippen molar-refractivity contribution in [3.8, 4) is 11.6 Å². The lowest BCUT2D eigenvalue weighted by atomic mass is 10.1. The van der Waals surface area contributed by atoms with Crippen LogP contribution in [-0.4, -0.2) is 74.3 Å². The van der Waals surface area contributed by atoms with Gasteiger partial charge in [-0.05, 0) is 31.4 Å². The van der Waals surface area contributed by atoms with Gasteiger partial charge < -0.3 is 24.5 Å². The average molecular weight is 461 g/mol. The Kier molecular flexibility index (Phi) is 7.81. The largest absolute Gasteiger partial charge is 0.495 e. The number of hydrogen-bond donors (Lipinski definition) is 1. The summed E-state index contributed by atoms with van der Waals surface area (Å²) in [7, 11) is 4.47. The van der Waals surface area contributed by atoms with Crippen molar-refractivity contribution < 1.29 is 23.8 Å². The van der Waals surface area contributed by atoms with Crippen LogP contribution in [0.15, 0.2) is 30.3 Å². The first-order valence-corrected chi connectivity index (χ1v) is 11.3. The number of piperazine rings is 1. The normalized spacial score (nSPS) is 16.4. The summed E-state index contributed by atoms with van der Waals surface area (Å²) >= 11 is 1.18. The van der Waals surface area contributed by atoms with Crippen molar-refractivity contribution in [1.29, 1.82) is 0 Å². The molecule has 1 aromatic carbocycles. The molecular weight excluding hydrogens is 432 g/mol. The second-order valence-corrected chi connectivity index (χ2v) is 7.94. The molecule has 2 aromatic rings. The maximum Gasteiger partial charge on any atom is 0.339 e. The third-order valence-electron chi connectivity index (χ3n) is 5.32. The summed E-state index contributed by atoms with van der Waals surface area (Å²) in [6, 6.07) is 8.95. The zero-order valence-corrected chi connectivity index (χ0v) is 19.7. The smallest absolute Gasteiger partial charge is 0.339 e. The van der Waals surface area contributed by atoms with E-state index in [-0.39, 0.29) is 5.12 Å². The van der Waals surface area contributed by atoms with Crippen LogP contribution in [0.3, 0.4) is 0 Å². The van der Waals surface area contributed by atoms with Gasteiger partial charge in [-0.3, -0.25) is 4.79 Å². The molecule has 1 aliphatic rings. The second-order valence-electron chi connectivity index (χ2n) is 7.13. The van der Waals surface area contributed by atoms with E-state index >= 15 is 0 Å². The number of hydrogen-bond acceptors (Lipinski definition) is 10. The molecule has 10 heteroatoms. The Hall–Kier alpha value is -2.98. The highest BCUT2D eigenvalue weighted by Crippen LogP contribution is 2.32. The summed E-state index contributed by atoms with van der Waals surface area (Å²) < 4.78 is 15.8. The number of thioether (sulfide) groups is 1. The Bertz CT molecular complexity index is 987. The van der Waals surface area contributed by atoms with E-state index in [2.05, 4.69) is 15.3 Å². The van der Waals surface area contributed by atoms with Crippen LogP contribution in [0.4, 0.5) is 11.4 Å². The molecule has 1 atom stereocenters. The van der Waals surface area contributed by atoms with E-state index in [0.717, 1.165) is 11.4 Å². The number of carbonyl (C=O) groups is 2. The van der Waals surface area contributed by atoms with Crippen LogP contribution in [0, 0.1) is 6.92 Å². The molecule has 0 aliphatic carbocycles. The number of ether oxygens (including phenoxy) is 3. The van der Waals surface area contributed by atoms with Crippen LogP contribution >= 0.6 is 11.8 Å². The minimum atomic E-state index is -0.488. The van der Waals surface area contributed by atoms with E-state index in [1.54, 1.807) is 26.4 Å². The van der Waals surface area contributed by atoms with Gasteiger partial charge in [-0.2, -0.15) is 0 Å². The molecule has 32 heavy (non-hydrogen) atoms. The van der Waals surface area contributed by atoms with Crippen molar-refractivity contribution in [3.05, 3.63) is 41.6 Å². The highest BCUT2D eigenvalue weighted by molar-refractivity contribution is 8.13. The number of aryl methyl sites for hydroxylation is 1.